The molecular weight excluding hydrogens is 246 g/mol. The van der Waals surface area contributed by atoms with E-state index in [2.05, 4.69) is 22.8 Å². The van der Waals surface area contributed by atoms with Crippen molar-refractivity contribution in [2.24, 2.45) is 0 Å². The summed E-state index contributed by atoms with van der Waals surface area (Å²) in [6.07, 6.45) is 1.20. The highest BCUT2D eigenvalue weighted by molar-refractivity contribution is 6.30. The van der Waals surface area contributed by atoms with Crippen molar-refractivity contribution in [2.45, 2.75) is 13.3 Å². The quantitative estimate of drug-likeness (QED) is 0.840. The van der Waals surface area contributed by atoms with Gasteiger partial charge in [0.05, 0.1) is 11.3 Å². The van der Waals surface area contributed by atoms with Crippen molar-refractivity contribution < 1.29 is 0 Å². The fourth-order valence-electron chi connectivity index (χ4n) is 2.39. The highest BCUT2D eigenvalue weighted by Crippen LogP contribution is 2.25. The zero-order valence-electron chi connectivity index (χ0n) is 10.7. The number of anilines is 1. The number of nitriles is 1. The SMILES string of the molecule is CCCN1CCN(c2cc(Cl)ccc2C#N)CC1. The van der Waals surface area contributed by atoms with E-state index in [1.54, 1.807) is 12.1 Å². The maximum absolute atomic E-state index is 9.15. The van der Waals surface area contributed by atoms with Gasteiger partial charge in [0.25, 0.3) is 0 Å². The van der Waals surface area contributed by atoms with Crippen LogP contribution in [0.25, 0.3) is 0 Å². The average Bonchev–Trinajstić information content (AvgIpc) is 2.40. The maximum Gasteiger partial charge on any atom is 0.101 e. The number of nitrogens with zero attached hydrogens (tertiary/aromatic N) is 3. The summed E-state index contributed by atoms with van der Waals surface area (Å²) in [7, 11) is 0. The molecule has 96 valence electrons. The molecule has 0 N–H and O–H groups in total. The van der Waals surface area contributed by atoms with E-state index in [9.17, 15) is 0 Å². The number of rotatable bonds is 3. The van der Waals surface area contributed by atoms with Crippen LogP contribution in [0.5, 0.6) is 0 Å². The van der Waals surface area contributed by atoms with Gasteiger partial charge in [-0.05, 0) is 31.2 Å². The number of piperazine rings is 1. The largest absolute Gasteiger partial charge is 0.368 e. The lowest BCUT2D eigenvalue weighted by Crippen LogP contribution is -2.46. The standard InChI is InChI=1S/C14H18ClN3/c1-2-5-17-6-8-18(9-7-17)14-10-13(15)4-3-12(14)11-16/h3-4,10H,2,5-9H2,1H3. The predicted molar refractivity (Wildman–Crippen MR) is 75.1 cm³/mol. The van der Waals surface area contributed by atoms with Crippen LogP contribution >= 0.6 is 11.6 Å². The Balaban J connectivity index is 2.10. The molecule has 18 heavy (non-hydrogen) atoms. The lowest BCUT2D eigenvalue weighted by molar-refractivity contribution is 0.258. The Morgan fingerprint density at radius 2 is 2.00 bits per heavy atom. The highest BCUT2D eigenvalue weighted by atomic mass is 35.5. The molecule has 0 amide bonds. The monoisotopic (exact) mass is 263 g/mol. The van der Waals surface area contributed by atoms with Crippen LogP contribution in [-0.4, -0.2) is 37.6 Å². The molecule has 0 aliphatic carbocycles. The Morgan fingerprint density at radius 3 is 2.61 bits per heavy atom. The summed E-state index contributed by atoms with van der Waals surface area (Å²) >= 11 is 6.02. The molecule has 1 heterocycles. The van der Waals surface area contributed by atoms with Crippen LogP contribution in [0, 0.1) is 11.3 Å². The van der Waals surface area contributed by atoms with Crippen molar-refractivity contribution >= 4 is 17.3 Å². The molecule has 2 rings (SSSR count). The second-order valence-electron chi connectivity index (χ2n) is 4.60. The van der Waals surface area contributed by atoms with Crippen LogP contribution in [0.15, 0.2) is 18.2 Å². The van der Waals surface area contributed by atoms with Gasteiger partial charge in [0, 0.05) is 31.2 Å². The van der Waals surface area contributed by atoms with Gasteiger partial charge in [-0.3, -0.25) is 4.90 Å². The highest BCUT2D eigenvalue weighted by Gasteiger charge is 2.18. The average molecular weight is 264 g/mol. The van der Waals surface area contributed by atoms with Crippen molar-refractivity contribution in [1.82, 2.24) is 4.90 Å². The number of halogens is 1. The molecule has 3 nitrogen and oxygen atoms in total. The Labute approximate surface area is 114 Å². The van der Waals surface area contributed by atoms with Crippen LogP contribution in [0.3, 0.4) is 0 Å². The van der Waals surface area contributed by atoms with E-state index in [1.165, 1.54) is 6.42 Å². The fourth-order valence-corrected chi connectivity index (χ4v) is 2.56. The van der Waals surface area contributed by atoms with Crippen LogP contribution in [0.2, 0.25) is 5.02 Å². The fraction of sp³-hybridized carbons (Fsp3) is 0.500. The third-order valence-electron chi connectivity index (χ3n) is 3.33. The van der Waals surface area contributed by atoms with Crippen molar-refractivity contribution in [1.29, 1.82) is 5.26 Å². The summed E-state index contributed by atoms with van der Waals surface area (Å²) in [4.78, 5) is 4.73. The maximum atomic E-state index is 9.15. The topological polar surface area (TPSA) is 30.3 Å². The first-order valence-electron chi connectivity index (χ1n) is 6.41. The summed E-state index contributed by atoms with van der Waals surface area (Å²) in [5.41, 5.74) is 1.68. The molecule has 0 unspecified atom stereocenters. The minimum Gasteiger partial charge on any atom is -0.368 e. The summed E-state index contributed by atoms with van der Waals surface area (Å²) in [6, 6.07) is 7.72. The van der Waals surface area contributed by atoms with Gasteiger partial charge in [-0.25, -0.2) is 0 Å². The molecule has 0 atom stereocenters. The summed E-state index contributed by atoms with van der Waals surface area (Å²) in [6.45, 7) is 7.42. The molecule has 1 aliphatic heterocycles. The van der Waals surface area contributed by atoms with Crippen LogP contribution < -0.4 is 4.90 Å². The zero-order chi connectivity index (χ0) is 13.0. The smallest absolute Gasteiger partial charge is 0.101 e. The zero-order valence-corrected chi connectivity index (χ0v) is 11.5. The van der Waals surface area contributed by atoms with E-state index in [4.69, 9.17) is 16.9 Å². The van der Waals surface area contributed by atoms with E-state index in [-0.39, 0.29) is 0 Å². The van der Waals surface area contributed by atoms with Gasteiger partial charge in [-0.2, -0.15) is 5.26 Å². The van der Waals surface area contributed by atoms with Gasteiger partial charge in [0.1, 0.15) is 6.07 Å². The van der Waals surface area contributed by atoms with E-state index >= 15 is 0 Å². The van der Waals surface area contributed by atoms with Crippen molar-refractivity contribution in [3.63, 3.8) is 0 Å². The van der Waals surface area contributed by atoms with Crippen LogP contribution in [0.4, 0.5) is 5.69 Å². The minimum atomic E-state index is 0.694. The Morgan fingerprint density at radius 1 is 1.28 bits per heavy atom. The van der Waals surface area contributed by atoms with Crippen LogP contribution in [-0.2, 0) is 0 Å². The Kier molecular flexibility index (Phi) is 4.46. The molecule has 0 aromatic heterocycles. The van der Waals surface area contributed by atoms with Crippen LogP contribution in [0.1, 0.15) is 18.9 Å². The first kappa shape index (κ1) is 13.2. The summed E-state index contributed by atoms with van der Waals surface area (Å²) in [5, 5.41) is 9.84. The molecule has 4 heteroatoms. The second-order valence-corrected chi connectivity index (χ2v) is 5.04. The number of hydrogen-bond acceptors (Lipinski definition) is 3. The molecule has 1 aromatic rings. The lowest BCUT2D eigenvalue weighted by atomic mass is 10.1. The van der Waals surface area contributed by atoms with E-state index in [1.807, 2.05) is 6.07 Å². The Hall–Kier alpha value is -1.24. The van der Waals surface area contributed by atoms with Crippen molar-refractivity contribution in [3.05, 3.63) is 28.8 Å². The van der Waals surface area contributed by atoms with Gasteiger partial charge in [-0.15, -0.1) is 0 Å². The van der Waals surface area contributed by atoms with Gasteiger partial charge in [0.2, 0.25) is 0 Å². The molecule has 0 saturated carbocycles. The van der Waals surface area contributed by atoms with Crippen molar-refractivity contribution in [2.75, 3.05) is 37.6 Å². The normalized spacial score (nSPS) is 16.6. The van der Waals surface area contributed by atoms with Crippen molar-refractivity contribution in [3.8, 4) is 6.07 Å². The lowest BCUT2D eigenvalue weighted by Gasteiger charge is -2.36. The minimum absolute atomic E-state index is 0.694. The molecule has 1 saturated heterocycles. The van der Waals surface area contributed by atoms with E-state index < -0.39 is 0 Å². The van der Waals surface area contributed by atoms with Gasteiger partial charge in [0.15, 0.2) is 0 Å². The van der Waals surface area contributed by atoms with Gasteiger partial charge in [-0.1, -0.05) is 18.5 Å². The molecule has 0 radical (unpaired) electrons. The summed E-state index contributed by atoms with van der Waals surface area (Å²) < 4.78 is 0. The van der Waals surface area contributed by atoms with Gasteiger partial charge < -0.3 is 4.90 Å². The third kappa shape index (κ3) is 2.95. The molecule has 1 fully saturated rings. The number of hydrogen-bond donors (Lipinski definition) is 0. The van der Waals surface area contributed by atoms with E-state index in [0.717, 1.165) is 38.4 Å². The number of benzene rings is 1. The predicted octanol–water partition coefficient (Wildman–Crippen LogP) is 2.74. The third-order valence-corrected chi connectivity index (χ3v) is 3.57. The molecule has 0 bridgehead atoms. The summed E-state index contributed by atoms with van der Waals surface area (Å²) in [5.74, 6) is 0. The first-order valence-corrected chi connectivity index (χ1v) is 6.79. The molecule has 0 spiro atoms. The second kappa shape index (κ2) is 6.08. The molecular formula is C14H18ClN3. The van der Waals surface area contributed by atoms with Gasteiger partial charge >= 0.3 is 0 Å². The molecule has 1 aromatic carbocycles. The Bertz CT molecular complexity index is 445. The first-order chi connectivity index (χ1) is 8.74. The van der Waals surface area contributed by atoms with E-state index in [0.29, 0.717) is 10.6 Å². The molecule has 1 aliphatic rings.